The second-order valence-electron chi connectivity index (χ2n) is 4.29. The molecule has 0 bridgehead atoms. The minimum Gasteiger partial charge on any atom is -0.271 e. The average molecular weight is 212 g/mol. The minimum atomic E-state index is 0.481. The molecule has 0 spiro atoms. The van der Waals surface area contributed by atoms with Crippen LogP contribution in [0.5, 0.6) is 0 Å². The van der Waals surface area contributed by atoms with Crippen molar-refractivity contribution in [1.29, 1.82) is 0 Å². The molecule has 0 saturated carbocycles. The molecule has 0 aliphatic rings. The van der Waals surface area contributed by atoms with E-state index in [4.69, 9.17) is 5.84 Å². The maximum absolute atomic E-state index is 5.49. The monoisotopic (exact) mass is 212 g/mol. The Hall–Kier alpha value is -0.340. The lowest BCUT2D eigenvalue weighted by Crippen LogP contribution is -2.34. The number of nitrogens with two attached hydrogens (primary N) is 1. The Bertz CT molecular complexity index is 134. The molecule has 0 saturated heterocycles. The molecule has 0 rings (SSSR count). The molecule has 0 fully saturated rings. The lowest BCUT2D eigenvalue weighted by molar-refractivity contribution is 0.441. The molecular weight excluding hydrogens is 184 g/mol. The van der Waals surface area contributed by atoms with Crippen molar-refractivity contribution in [3.63, 3.8) is 0 Å². The molecule has 1 unspecified atom stereocenters. The predicted octanol–water partition coefficient (Wildman–Crippen LogP) is 3.54. The molecule has 0 aromatic rings. The third kappa shape index (κ3) is 9.95. The highest BCUT2D eigenvalue weighted by atomic mass is 15.2. The SMILES string of the molecule is C=CCCC(CCCCCCCC)NN. The van der Waals surface area contributed by atoms with Gasteiger partial charge in [0.1, 0.15) is 0 Å². The van der Waals surface area contributed by atoms with Crippen LogP contribution in [0.3, 0.4) is 0 Å². The van der Waals surface area contributed by atoms with Crippen molar-refractivity contribution < 1.29 is 0 Å². The first-order valence-electron chi connectivity index (χ1n) is 6.42. The molecule has 15 heavy (non-hydrogen) atoms. The van der Waals surface area contributed by atoms with Crippen molar-refractivity contribution in [3.05, 3.63) is 12.7 Å². The van der Waals surface area contributed by atoms with Gasteiger partial charge in [0.25, 0.3) is 0 Å². The molecule has 1 atom stereocenters. The van der Waals surface area contributed by atoms with Gasteiger partial charge < -0.3 is 0 Å². The lowest BCUT2D eigenvalue weighted by atomic mass is 10.0. The van der Waals surface area contributed by atoms with Gasteiger partial charge in [-0.3, -0.25) is 11.3 Å². The third-order valence-electron chi connectivity index (χ3n) is 2.86. The van der Waals surface area contributed by atoms with Crippen molar-refractivity contribution in [2.24, 2.45) is 5.84 Å². The maximum atomic E-state index is 5.49. The fraction of sp³-hybridized carbons (Fsp3) is 0.846. The first-order chi connectivity index (χ1) is 7.35. The zero-order chi connectivity index (χ0) is 11.4. The summed E-state index contributed by atoms with van der Waals surface area (Å²) in [5.41, 5.74) is 2.89. The summed E-state index contributed by atoms with van der Waals surface area (Å²) in [6.07, 6.45) is 13.5. The molecular formula is C13H28N2. The highest BCUT2D eigenvalue weighted by Crippen LogP contribution is 2.10. The van der Waals surface area contributed by atoms with Crippen molar-refractivity contribution in [2.45, 2.75) is 70.8 Å². The van der Waals surface area contributed by atoms with Gasteiger partial charge in [0.15, 0.2) is 0 Å². The topological polar surface area (TPSA) is 38.0 Å². The summed E-state index contributed by atoms with van der Waals surface area (Å²) in [5, 5.41) is 0. The van der Waals surface area contributed by atoms with E-state index in [2.05, 4.69) is 18.9 Å². The maximum Gasteiger partial charge on any atom is 0.0213 e. The Labute approximate surface area is 95.3 Å². The molecule has 2 nitrogen and oxygen atoms in total. The first kappa shape index (κ1) is 14.7. The van der Waals surface area contributed by atoms with E-state index in [1.165, 1.54) is 44.9 Å². The smallest absolute Gasteiger partial charge is 0.0213 e. The van der Waals surface area contributed by atoms with Gasteiger partial charge in [-0.1, -0.05) is 51.5 Å². The van der Waals surface area contributed by atoms with Crippen LogP contribution in [0.25, 0.3) is 0 Å². The molecule has 3 N–H and O–H groups in total. The molecule has 0 heterocycles. The summed E-state index contributed by atoms with van der Waals surface area (Å²) in [7, 11) is 0. The van der Waals surface area contributed by atoms with Crippen LogP contribution in [0, 0.1) is 0 Å². The van der Waals surface area contributed by atoms with Gasteiger partial charge in [-0.05, 0) is 19.3 Å². The second-order valence-corrected chi connectivity index (χ2v) is 4.29. The van der Waals surface area contributed by atoms with Gasteiger partial charge in [0, 0.05) is 6.04 Å². The van der Waals surface area contributed by atoms with E-state index in [-0.39, 0.29) is 0 Å². The molecule has 0 aromatic carbocycles. The number of hydrazine groups is 1. The number of hydrogen-bond donors (Lipinski definition) is 2. The molecule has 0 radical (unpaired) electrons. The third-order valence-corrected chi connectivity index (χ3v) is 2.86. The van der Waals surface area contributed by atoms with Gasteiger partial charge in [-0.15, -0.1) is 6.58 Å². The Morgan fingerprint density at radius 3 is 2.40 bits per heavy atom. The molecule has 90 valence electrons. The van der Waals surface area contributed by atoms with E-state index < -0.39 is 0 Å². The first-order valence-corrected chi connectivity index (χ1v) is 6.42. The van der Waals surface area contributed by atoms with Crippen LogP contribution >= 0.6 is 0 Å². The molecule has 0 aliphatic heterocycles. The number of hydrogen-bond acceptors (Lipinski definition) is 2. The zero-order valence-electron chi connectivity index (χ0n) is 10.3. The zero-order valence-corrected chi connectivity index (χ0v) is 10.3. The van der Waals surface area contributed by atoms with Crippen LogP contribution in [0.1, 0.15) is 64.7 Å². The van der Waals surface area contributed by atoms with Gasteiger partial charge in [0.05, 0.1) is 0 Å². The molecule has 2 heteroatoms. The van der Waals surface area contributed by atoms with Gasteiger partial charge >= 0.3 is 0 Å². The summed E-state index contributed by atoms with van der Waals surface area (Å²) in [5.74, 6) is 5.49. The van der Waals surface area contributed by atoms with E-state index >= 15 is 0 Å². The van der Waals surface area contributed by atoms with Crippen LogP contribution < -0.4 is 11.3 Å². The Balaban J connectivity index is 3.26. The van der Waals surface area contributed by atoms with Gasteiger partial charge in [0.2, 0.25) is 0 Å². The van der Waals surface area contributed by atoms with Crippen LogP contribution in [-0.2, 0) is 0 Å². The van der Waals surface area contributed by atoms with Crippen LogP contribution in [0.4, 0.5) is 0 Å². The van der Waals surface area contributed by atoms with Crippen LogP contribution in [-0.4, -0.2) is 6.04 Å². The van der Waals surface area contributed by atoms with E-state index in [1.54, 1.807) is 0 Å². The molecule has 0 aliphatic carbocycles. The standard InChI is InChI=1S/C13H28N2/c1-3-5-7-8-9-10-12-13(15-14)11-6-4-2/h4,13,15H,2-3,5-12,14H2,1H3. The fourth-order valence-corrected chi connectivity index (χ4v) is 1.80. The highest BCUT2D eigenvalue weighted by Gasteiger charge is 2.04. The Morgan fingerprint density at radius 1 is 1.13 bits per heavy atom. The number of nitrogens with one attached hydrogen (secondary N) is 1. The predicted molar refractivity (Wildman–Crippen MR) is 68.5 cm³/mol. The lowest BCUT2D eigenvalue weighted by Gasteiger charge is -2.14. The Morgan fingerprint density at radius 2 is 1.80 bits per heavy atom. The van der Waals surface area contributed by atoms with E-state index in [9.17, 15) is 0 Å². The van der Waals surface area contributed by atoms with Crippen LogP contribution in [0.2, 0.25) is 0 Å². The molecule has 0 aromatic heterocycles. The largest absolute Gasteiger partial charge is 0.271 e. The van der Waals surface area contributed by atoms with Crippen molar-refractivity contribution >= 4 is 0 Å². The van der Waals surface area contributed by atoms with E-state index in [1.807, 2.05) is 6.08 Å². The van der Waals surface area contributed by atoms with Crippen molar-refractivity contribution in [1.82, 2.24) is 5.43 Å². The highest BCUT2D eigenvalue weighted by molar-refractivity contribution is 4.72. The number of allylic oxidation sites excluding steroid dienone is 1. The van der Waals surface area contributed by atoms with E-state index in [0.29, 0.717) is 6.04 Å². The van der Waals surface area contributed by atoms with E-state index in [0.717, 1.165) is 12.8 Å². The summed E-state index contributed by atoms with van der Waals surface area (Å²) in [6, 6.07) is 0.481. The van der Waals surface area contributed by atoms with Crippen molar-refractivity contribution in [2.75, 3.05) is 0 Å². The number of rotatable bonds is 11. The number of unbranched alkanes of at least 4 members (excludes halogenated alkanes) is 5. The van der Waals surface area contributed by atoms with Crippen molar-refractivity contribution in [3.8, 4) is 0 Å². The normalized spacial score (nSPS) is 12.7. The summed E-state index contributed by atoms with van der Waals surface area (Å²) >= 11 is 0. The Kier molecular flexibility index (Phi) is 11.5. The second kappa shape index (κ2) is 11.7. The quantitative estimate of drug-likeness (QED) is 0.238. The van der Waals surface area contributed by atoms with Crippen LogP contribution in [0.15, 0.2) is 12.7 Å². The molecule has 0 amide bonds. The van der Waals surface area contributed by atoms with Gasteiger partial charge in [-0.2, -0.15) is 0 Å². The van der Waals surface area contributed by atoms with Gasteiger partial charge in [-0.25, -0.2) is 0 Å². The average Bonchev–Trinajstić information content (AvgIpc) is 2.27. The summed E-state index contributed by atoms with van der Waals surface area (Å²) < 4.78 is 0. The summed E-state index contributed by atoms with van der Waals surface area (Å²) in [6.45, 7) is 5.98. The fourth-order valence-electron chi connectivity index (χ4n) is 1.80. The minimum absolute atomic E-state index is 0.481. The summed E-state index contributed by atoms with van der Waals surface area (Å²) in [4.78, 5) is 0.